The summed E-state index contributed by atoms with van der Waals surface area (Å²) in [6.07, 6.45) is 0. The van der Waals surface area contributed by atoms with E-state index in [-0.39, 0.29) is 17.0 Å². The maximum Gasteiger partial charge on any atom is 0.335 e. The predicted octanol–water partition coefficient (Wildman–Crippen LogP) is 2.77. The lowest BCUT2D eigenvalue weighted by Gasteiger charge is -2.11. The van der Waals surface area contributed by atoms with E-state index in [9.17, 15) is 17.6 Å². The minimum atomic E-state index is -3.73. The van der Waals surface area contributed by atoms with Crippen molar-refractivity contribution < 1.29 is 22.7 Å². The van der Waals surface area contributed by atoms with Crippen molar-refractivity contribution in [2.24, 2.45) is 0 Å². The molecule has 0 amide bonds. The van der Waals surface area contributed by atoms with Gasteiger partial charge in [0.05, 0.1) is 17.0 Å². The molecule has 0 aromatic heterocycles. The summed E-state index contributed by atoms with van der Waals surface area (Å²) in [5.74, 6) is -1.91. The summed E-state index contributed by atoms with van der Waals surface area (Å²) in [5.41, 5.74) is 1.24. The van der Waals surface area contributed by atoms with Crippen LogP contribution in [0.1, 0.15) is 21.5 Å². The number of hydrogen-bond acceptors (Lipinski definition) is 3. The van der Waals surface area contributed by atoms with Crippen molar-refractivity contribution >= 4 is 21.7 Å². The number of sulfonamides is 1. The molecule has 0 radical (unpaired) electrons. The summed E-state index contributed by atoms with van der Waals surface area (Å²) < 4.78 is 39.4. The molecule has 2 N–H and O–H groups in total. The average molecular weight is 323 g/mol. The second kappa shape index (κ2) is 6.15. The molecule has 0 heterocycles. The molecule has 2 rings (SSSR count). The molecule has 0 bridgehead atoms. The van der Waals surface area contributed by atoms with Crippen molar-refractivity contribution in [2.45, 2.75) is 12.7 Å². The molecule has 0 aliphatic heterocycles. The van der Waals surface area contributed by atoms with E-state index in [0.29, 0.717) is 11.1 Å². The average Bonchev–Trinajstić information content (AvgIpc) is 2.43. The fourth-order valence-electron chi connectivity index (χ4n) is 1.87. The standard InChI is InChI=1S/C15H14FNO4S/c1-10-2-5-12(15(18)19)8-14(10)17-22(20,21)9-11-3-6-13(16)7-4-11/h2-8,17H,9H2,1H3,(H,18,19). The van der Waals surface area contributed by atoms with E-state index in [1.165, 1.54) is 42.5 Å². The molecule has 2 aromatic carbocycles. The zero-order chi connectivity index (χ0) is 16.3. The Morgan fingerprint density at radius 1 is 1.18 bits per heavy atom. The lowest BCUT2D eigenvalue weighted by atomic mass is 10.1. The van der Waals surface area contributed by atoms with Crippen LogP contribution in [-0.2, 0) is 15.8 Å². The Bertz CT molecular complexity index is 801. The molecule has 0 aliphatic rings. The molecule has 2 aromatic rings. The fourth-order valence-corrected chi connectivity index (χ4v) is 3.13. The third-order valence-electron chi connectivity index (χ3n) is 3.02. The van der Waals surface area contributed by atoms with Gasteiger partial charge in [-0.15, -0.1) is 0 Å². The second-order valence-corrected chi connectivity index (χ2v) is 6.54. The van der Waals surface area contributed by atoms with Gasteiger partial charge in [-0.2, -0.15) is 0 Å². The van der Waals surface area contributed by atoms with E-state index < -0.39 is 21.8 Å². The fraction of sp³-hybridized carbons (Fsp3) is 0.133. The number of anilines is 1. The number of halogens is 1. The summed E-state index contributed by atoms with van der Waals surface area (Å²) in [4.78, 5) is 10.9. The molecule has 0 unspecified atom stereocenters. The van der Waals surface area contributed by atoms with Gasteiger partial charge < -0.3 is 5.11 Å². The van der Waals surface area contributed by atoms with Crippen LogP contribution in [0.3, 0.4) is 0 Å². The van der Waals surface area contributed by atoms with Gasteiger partial charge in [0.15, 0.2) is 0 Å². The molecule has 0 aliphatic carbocycles. The molecule has 5 nitrogen and oxygen atoms in total. The van der Waals surface area contributed by atoms with Crippen LogP contribution in [0.5, 0.6) is 0 Å². The van der Waals surface area contributed by atoms with E-state index in [1.807, 2.05) is 0 Å². The number of carbonyl (C=O) groups is 1. The number of carboxylic acids is 1. The van der Waals surface area contributed by atoms with E-state index in [0.717, 1.165) is 0 Å². The highest BCUT2D eigenvalue weighted by molar-refractivity contribution is 7.91. The van der Waals surface area contributed by atoms with Crippen LogP contribution < -0.4 is 4.72 Å². The minimum absolute atomic E-state index is 0.00918. The van der Waals surface area contributed by atoms with Gasteiger partial charge in [-0.3, -0.25) is 4.72 Å². The van der Waals surface area contributed by atoms with Gasteiger partial charge in [0.25, 0.3) is 0 Å². The number of carboxylic acid groups (broad SMARTS) is 1. The van der Waals surface area contributed by atoms with Gasteiger partial charge in [0.1, 0.15) is 5.82 Å². The third kappa shape index (κ3) is 4.05. The Balaban J connectivity index is 2.23. The first-order chi connectivity index (χ1) is 10.3. The van der Waals surface area contributed by atoms with Crippen LogP contribution in [0.15, 0.2) is 42.5 Å². The Hall–Kier alpha value is -2.41. The first-order valence-corrected chi connectivity index (χ1v) is 8.01. The summed E-state index contributed by atoms with van der Waals surface area (Å²) in [7, 11) is -3.73. The first kappa shape index (κ1) is 16.0. The summed E-state index contributed by atoms with van der Waals surface area (Å²) >= 11 is 0. The lowest BCUT2D eigenvalue weighted by molar-refractivity contribution is 0.0697. The van der Waals surface area contributed by atoms with Crippen LogP contribution in [-0.4, -0.2) is 19.5 Å². The number of hydrogen-bond donors (Lipinski definition) is 2. The molecule has 7 heteroatoms. The van der Waals surface area contributed by atoms with Crippen LogP contribution in [0.25, 0.3) is 0 Å². The smallest absolute Gasteiger partial charge is 0.335 e. The number of aromatic carboxylic acids is 1. The number of benzene rings is 2. The normalized spacial score (nSPS) is 11.2. The van der Waals surface area contributed by atoms with Crippen molar-refractivity contribution in [3.8, 4) is 0 Å². The molecule has 0 saturated carbocycles. The second-order valence-electron chi connectivity index (χ2n) is 4.82. The van der Waals surface area contributed by atoms with E-state index in [1.54, 1.807) is 6.92 Å². The van der Waals surface area contributed by atoms with Crippen molar-refractivity contribution in [1.82, 2.24) is 0 Å². The number of aryl methyl sites for hydroxylation is 1. The van der Waals surface area contributed by atoms with Gasteiger partial charge in [-0.05, 0) is 42.3 Å². The Morgan fingerprint density at radius 2 is 1.82 bits per heavy atom. The van der Waals surface area contributed by atoms with Gasteiger partial charge in [-0.1, -0.05) is 18.2 Å². The maximum absolute atomic E-state index is 12.8. The Labute approximate surface area is 127 Å². The topological polar surface area (TPSA) is 83.5 Å². The van der Waals surface area contributed by atoms with Gasteiger partial charge in [0.2, 0.25) is 10.0 Å². The van der Waals surface area contributed by atoms with Crippen molar-refractivity contribution in [3.05, 3.63) is 65.0 Å². The zero-order valence-corrected chi connectivity index (χ0v) is 12.5. The lowest BCUT2D eigenvalue weighted by Crippen LogP contribution is -2.16. The molecule has 0 fully saturated rings. The zero-order valence-electron chi connectivity index (χ0n) is 11.7. The van der Waals surface area contributed by atoms with E-state index >= 15 is 0 Å². The van der Waals surface area contributed by atoms with Gasteiger partial charge >= 0.3 is 5.97 Å². The minimum Gasteiger partial charge on any atom is -0.478 e. The maximum atomic E-state index is 12.8. The molecule has 116 valence electrons. The van der Waals surface area contributed by atoms with Crippen LogP contribution in [0.2, 0.25) is 0 Å². The molecule has 0 saturated heterocycles. The Kier molecular flexibility index (Phi) is 4.46. The number of rotatable bonds is 5. The van der Waals surface area contributed by atoms with E-state index in [4.69, 9.17) is 5.11 Å². The summed E-state index contributed by atoms with van der Waals surface area (Å²) in [5, 5.41) is 8.95. The monoisotopic (exact) mass is 323 g/mol. The third-order valence-corrected chi connectivity index (χ3v) is 4.26. The quantitative estimate of drug-likeness (QED) is 0.886. The highest BCUT2D eigenvalue weighted by Gasteiger charge is 2.15. The van der Waals surface area contributed by atoms with Crippen molar-refractivity contribution in [1.29, 1.82) is 0 Å². The SMILES string of the molecule is Cc1ccc(C(=O)O)cc1NS(=O)(=O)Cc1ccc(F)cc1. The molecule has 0 spiro atoms. The van der Waals surface area contributed by atoms with Crippen molar-refractivity contribution in [2.75, 3.05) is 4.72 Å². The van der Waals surface area contributed by atoms with Crippen LogP contribution in [0, 0.1) is 12.7 Å². The van der Waals surface area contributed by atoms with E-state index in [2.05, 4.69) is 4.72 Å². The van der Waals surface area contributed by atoms with Crippen LogP contribution in [0.4, 0.5) is 10.1 Å². The van der Waals surface area contributed by atoms with Crippen molar-refractivity contribution in [3.63, 3.8) is 0 Å². The largest absolute Gasteiger partial charge is 0.478 e. The highest BCUT2D eigenvalue weighted by atomic mass is 32.2. The van der Waals surface area contributed by atoms with Gasteiger partial charge in [-0.25, -0.2) is 17.6 Å². The first-order valence-electron chi connectivity index (χ1n) is 6.36. The molecular formula is C15H14FNO4S. The highest BCUT2D eigenvalue weighted by Crippen LogP contribution is 2.20. The number of nitrogens with one attached hydrogen (secondary N) is 1. The molecule has 0 atom stereocenters. The van der Waals surface area contributed by atoms with Crippen LogP contribution >= 0.6 is 0 Å². The summed E-state index contributed by atoms with van der Waals surface area (Å²) in [6, 6.07) is 9.32. The predicted molar refractivity (Wildman–Crippen MR) is 80.8 cm³/mol. The van der Waals surface area contributed by atoms with Gasteiger partial charge in [0, 0.05) is 0 Å². The Morgan fingerprint density at radius 3 is 2.41 bits per heavy atom. The molecular weight excluding hydrogens is 309 g/mol. The summed E-state index contributed by atoms with van der Waals surface area (Å²) in [6.45, 7) is 1.67. The molecule has 22 heavy (non-hydrogen) atoms.